The second-order valence-corrected chi connectivity index (χ2v) is 6.35. The van der Waals surface area contributed by atoms with E-state index in [2.05, 4.69) is 16.7 Å². The Kier molecular flexibility index (Phi) is 3.94. The van der Waals surface area contributed by atoms with Gasteiger partial charge in [-0.05, 0) is 48.6 Å². The lowest BCUT2D eigenvalue weighted by molar-refractivity contribution is -0.136. The third-order valence-corrected chi connectivity index (χ3v) is 4.91. The van der Waals surface area contributed by atoms with Gasteiger partial charge in [-0.15, -0.1) is 11.3 Å². The van der Waals surface area contributed by atoms with E-state index in [9.17, 15) is 14.0 Å². The summed E-state index contributed by atoms with van der Waals surface area (Å²) < 4.78 is 12.8. The topological polar surface area (TPSA) is 58.2 Å². The van der Waals surface area contributed by atoms with Crippen molar-refractivity contribution in [3.8, 4) is 0 Å². The number of nitrogens with one attached hydrogen (secondary N) is 2. The monoisotopic (exact) mass is 318 g/mol. The number of anilines is 1. The van der Waals surface area contributed by atoms with Crippen LogP contribution in [0, 0.1) is 5.82 Å². The van der Waals surface area contributed by atoms with E-state index in [0.717, 1.165) is 12.8 Å². The maximum Gasteiger partial charge on any atom is 0.313 e. The van der Waals surface area contributed by atoms with Gasteiger partial charge < -0.3 is 10.6 Å². The van der Waals surface area contributed by atoms with E-state index in [-0.39, 0.29) is 5.41 Å². The molecule has 0 atom stereocenters. The van der Waals surface area contributed by atoms with Gasteiger partial charge in [0.05, 0.1) is 0 Å². The van der Waals surface area contributed by atoms with Gasteiger partial charge >= 0.3 is 11.8 Å². The normalized spacial score (nSPS) is 15.1. The average Bonchev–Trinajstić information content (AvgIpc) is 3.10. The molecule has 6 heteroatoms. The Morgan fingerprint density at radius 1 is 1.14 bits per heavy atom. The van der Waals surface area contributed by atoms with Crippen LogP contribution in [0.2, 0.25) is 0 Å². The molecule has 4 nitrogen and oxygen atoms in total. The second-order valence-electron chi connectivity index (χ2n) is 5.40. The van der Waals surface area contributed by atoms with Crippen LogP contribution in [0.5, 0.6) is 0 Å². The highest BCUT2D eigenvalue weighted by atomic mass is 32.1. The van der Waals surface area contributed by atoms with E-state index in [0.29, 0.717) is 12.2 Å². The van der Waals surface area contributed by atoms with E-state index in [4.69, 9.17) is 0 Å². The Morgan fingerprint density at radius 2 is 1.86 bits per heavy atom. The Morgan fingerprint density at radius 3 is 2.45 bits per heavy atom. The highest BCUT2D eigenvalue weighted by Crippen LogP contribution is 2.49. The predicted molar refractivity (Wildman–Crippen MR) is 83.3 cm³/mol. The Balaban J connectivity index is 1.54. The average molecular weight is 318 g/mol. The molecular formula is C16H15FN2O2S. The molecule has 2 amide bonds. The molecule has 114 valence electrons. The fraction of sp³-hybridized carbons (Fsp3) is 0.250. The Bertz CT molecular complexity index is 679. The summed E-state index contributed by atoms with van der Waals surface area (Å²) in [5, 5.41) is 7.14. The molecule has 1 saturated carbocycles. The van der Waals surface area contributed by atoms with Crippen molar-refractivity contribution in [1.82, 2.24) is 5.32 Å². The van der Waals surface area contributed by atoms with Crippen LogP contribution >= 0.6 is 11.3 Å². The molecule has 2 aromatic rings. The van der Waals surface area contributed by atoms with Gasteiger partial charge in [-0.3, -0.25) is 9.59 Å². The first-order valence-electron chi connectivity index (χ1n) is 6.98. The maximum absolute atomic E-state index is 12.8. The largest absolute Gasteiger partial charge is 0.347 e. The Hall–Kier alpha value is -2.21. The molecular weight excluding hydrogens is 303 g/mol. The minimum Gasteiger partial charge on any atom is -0.347 e. The molecule has 1 fully saturated rings. The molecule has 0 saturated heterocycles. The number of thiophene rings is 1. The number of carbonyl (C=O) groups excluding carboxylic acids is 2. The van der Waals surface area contributed by atoms with Crippen molar-refractivity contribution >= 4 is 28.8 Å². The Labute approximate surface area is 131 Å². The number of rotatable bonds is 4. The number of hydrogen-bond acceptors (Lipinski definition) is 3. The van der Waals surface area contributed by atoms with Crippen molar-refractivity contribution in [3.05, 3.63) is 52.5 Å². The smallest absolute Gasteiger partial charge is 0.313 e. The molecule has 0 radical (unpaired) electrons. The summed E-state index contributed by atoms with van der Waals surface area (Å²) in [6.07, 6.45) is 2.04. The lowest BCUT2D eigenvalue weighted by Gasteiger charge is -2.14. The molecule has 2 N–H and O–H groups in total. The van der Waals surface area contributed by atoms with Gasteiger partial charge in [0.25, 0.3) is 0 Å². The van der Waals surface area contributed by atoms with E-state index in [1.807, 2.05) is 11.4 Å². The van der Waals surface area contributed by atoms with Crippen molar-refractivity contribution in [3.63, 3.8) is 0 Å². The van der Waals surface area contributed by atoms with Crippen molar-refractivity contribution in [2.45, 2.75) is 18.3 Å². The first kappa shape index (κ1) is 14.7. The van der Waals surface area contributed by atoms with Gasteiger partial charge in [-0.25, -0.2) is 4.39 Å². The molecule has 0 spiro atoms. The first-order valence-corrected chi connectivity index (χ1v) is 7.86. The highest BCUT2D eigenvalue weighted by molar-refractivity contribution is 7.10. The quantitative estimate of drug-likeness (QED) is 0.852. The van der Waals surface area contributed by atoms with Gasteiger partial charge in [-0.2, -0.15) is 0 Å². The van der Waals surface area contributed by atoms with Crippen LogP contribution in [0.3, 0.4) is 0 Å². The zero-order valence-corrected chi connectivity index (χ0v) is 12.6. The molecule has 0 aliphatic heterocycles. The number of amides is 2. The molecule has 1 heterocycles. The highest BCUT2D eigenvalue weighted by Gasteiger charge is 2.45. The third-order valence-electron chi connectivity index (χ3n) is 3.79. The van der Waals surface area contributed by atoms with Crippen molar-refractivity contribution in [2.24, 2.45) is 0 Å². The minimum atomic E-state index is -0.742. The van der Waals surface area contributed by atoms with Crippen LogP contribution in [-0.2, 0) is 15.0 Å². The van der Waals surface area contributed by atoms with Gasteiger partial charge in [0, 0.05) is 22.5 Å². The van der Waals surface area contributed by atoms with Crippen LogP contribution in [0.4, 0.5) is 10.1 Å². The third kappa shape index (κ3) is 3.17. The maximum atomic E-state index is 12.8. The zero-order valence-electron chi connectivity index (χ0n) is 11.8. The molecule has 0 bridgehead atoms. The SMILES string of the molecule is O=C(NCC1(c2cccs2)CC1)C(=O)Nc1ccc(F)cc1. The van der Waals surface area contributed by atoms with Gasteiger partial charge in [0.1, 0.15) is 5.82 Å². The van der Waals surface area contributed by atoms with Crippen molar-refractivity contribution in [1.29, 1.82) is 0 Å². The number of carbonyl (C=O) groups is 2. The van der Waals surface area contributed by atoms with Gasteiger partial charge in [0.15, 0.2) is 0 Å². The lowest BCUT2D eigenvalue weighted by Crippen LogP contribution is -2.39. The number of benzene rings is 1. The molecule has 1 aliphatic rings. The number of halogens is 1. The van der Waals surface area contributed by atoms with Crippen molar-refractivity contribution in [2.75, 3.05) is 11.9 Å². The van der Waals surface area contributed by atoms with E-state index in [1.54, 1.807) is 11.3 Å². The van der Waals surface area contributed by atoms with E-state index < -0.39 is 17.6 Å². The summed E-state index contributed by atoms with van der Waals surface area (Å²) in [6.45, 7) is 0.461. The molecule has 22 heavy (non-hydrogen) atoms. The summed E-state index contributed by atoms with van der Waals surface area (Å²) in [5.74, 6) is -1.81. The molecule has 3 rings (SSSR count). The zero-order chi connectivity index (χ0) is 15.6. The summed E-state index contributed by atoms with van der Waals surface area (Å²) in [4.78, 5) is 24.9. The standard InChI is InChI=1S/C16H15FN2O2S/c17-11-3-5-12(6-4-11)19-15(21)14(20)18-10-16(7-8-16)13-2-1-9-22-13/h1-6,9H,7-8,10H2,(H,18,20)(H,19,21). The molecule has 1 aromatic carbocycles. The van der Waals surface area contributed by atoms with Crippen LogP contribution < -0.4 is 10.6 Å². The summed E-state index contributed by atoms with van der Waals surface area (Å²) in [5.41, 5.74) is 0.390. The molecule has 1 aromatic heterocycles. The molecule has 0 unspecified atom stereocenters. The van der Waals surface area contributed by atoms with Gasteiger partial charge in [-0.1, -0.05) is 6.07 Å². The van der Waals surface area contributed by atoms with E-state index in [1.165, 1.54) is 29.1 Å². The molecule has 1 aliphatic carbocycles. The van der Waals surface area contributed by atoms with Crippen LogP contribution in [-0.4, -0.2) is 18.4 Å². The van der Waals surface area contributed by atoms with Crippen LogP contribution in [0.1, 0.15) is 17.7 Å². The van der Waals surface area contributed by atoms with Gasteiger partial charge in [0.2, 0.25) is 0 Å². The first-order chi connectivity index (χ1) is 10.6. The predicted octanol–water partition coefficient (Wildman–Crippen LogP) is 2.67. The lowest BCUT2D eigenvalue weighted by atomic mass is 10.1. The van der Waals surface area contributed by atoms with Crippen LogP contribution in [0.25, 0.3) is 0 Å². The fourth-order valence-corrected chi connectivity index (χ4v) is 3.28. The summed E-state index contributed by atoms with van der Waals surface area (Å²) >= 11 is 1.67. The van der Waals surface area contributed by atoms with Crippen LogP contribution in [0.15, 0.2) is 41.8 Å². The number of hydrogen-bond donors (Lipinski definition) is 2. The van der Waals surface area contributed by atoms with E-state index >= 15 is 0 Å². The fourth-order valence-electron chi connectivity index (χ4n) is 2.29. The summed E-state index contributed by atoms with van der Waals surface area (Å²) in [6, 6.07) is 9.32. The summed E-state index contributed by atoms with van der Waals surface area (Å²) in [7, 11) is 0. The minimum absolute atomic E-state index is 0.0000177. The second kappa shape index (κ2) is 5.88. The van der Waals surface area contributed by atoms with Crippen molar-refractivity contribution < 1.29 is 14.0 Å².